The number of carboxylic acid groups (broad SMARTS) is 1. The third-order valence-corrected chi connectivity index (χ3v) is 4.84. The number of allylic oxidation sites excluding steroid dienone is 8. The van der Waals surface area contributed by atoms with Crippen LogP contribution in [0.4, 0.5) is 0 Å². The van der Waals surface area contributed by atoms with E-state index >= 15 is 0 Å². The van der Waals surface area contributed by atoms with Gasteiger partial charge in [-0.05, 0) is 83.8 Å². The predicted octanol–water partition coefficient (Wildman–Crippen LogP) is 8.74. The molecule has 0 heterocycles. The van der Waals surface area contributed by atoms with Crippen LogP contribution in [-0.4, -0.2) is 35.6 Å². The Kier molecular flexibility index (Phi) is 29.9. The second kappa shape index (κ2) is 29.4. The van der Waals surface area contributed by atoms with Crippen LogP contribution in [0.2, 0.25) is 0 Å². The minimum absolute atomic E-state index is 0.262. The minimum atomic E-state index is -0.712. The Bertz CT molecular complexity index is 477. The SMILES string of the molecule is CCCCCC=CCC=CCC=CCC=CCCCC(=O)O.CCCN(CCC)CCC. The molecule has 0 aliphatic rings. The summed E-state index contributed by atoms with van der Waals surface area (Å²) in [4.78, 5) is 12.9. The summed E-state index contributed by atoms with van der Waals surface area (Å²) in [6, 6.07) is 0. The normalized spacial score (nSPS) is 11.9. The molecule has 0 rings (SSSR count). The van der Waals surface area contributed by atoms with Gasteiger partial charge in [0.25, 0.3) is 0 Å². The molecule has 0 radical (unpaired) electrons. The van der Waals surface area contributed by atoms with E-state index < -0.39 is 5.97 Å². The van der Waals surface area contributed by atoms with Gasteiger partial charge in [-0.3, -0.25) is 4.79 Å². The first-order valence-corrected chi connectivity index (χ1v) is 13.2. The second-order valence-electron chi connectivity index (χ2n) is 8.22. The van der Waals surface area contributed by atoms with E-state index in [1.165, 1.54) is 64.6 Å². The first-order valence-electron chi connectivity index (χ1n) is 13.2. The molecule has 0 atom stereocenters. The van der Waals surface area contributed by atoms with E-state index in [0.717, 1.165) is 32.1 Å². The lowest BCUT2D eigenvalue weighted by atomic mass is 10.2. The number of unbranched alkanes of at least 4 members (excludes halogenated alkanes) is 4. The van der Waals surface area contributed by atoms with Crippen LogP contribution in [0.5, 0.6) is 0 Å². The Morgan fingerprint density at radius 1 is 0.594 bits per heavy atom. The van der Waals surface area contributed by atoms with E-state index in [1.807, 2.05) is 0 Å². The van der Waals surface area contributed by atoms with Gasteiger partial charge < -0.3 is 10.0 Å². The molecule has 0 aromatic heterocycles. The molecule has 0 aliphatic carbocycles. The fraction of sp³-hybridized carbons (Fsp3) is 0.690. The Labute approximate surface area is 200 Å². The lowest BCUT2D eigenvalue weighted by Crippen LogP contribution is -2.25. The fourth-order valence-electron chi connectivity index (χ4n) is 3.22. The molecule has 0 saturated heterocycles. The van der Waals surface area contributed by atoms with Crippen LogP contribution in [0.3, 0.4) is 0 Å². The average Bonchev–Trinajstić information content (AvgIpc) is 2.77. The zero-order valence-corrected chi connectivity index (χ0v) is 21.7. The smallest absolute Gasteiger partial charge is 0.303 e. The second-order valence-corrected chi connectivity index (χ2v) is 8.22. The highest BCUT2D eigenvalue weighted by atomic mass is 16.4. The third-order valence-electron chi connectivity index (χ3n) is 4.84. The molecular weight excluding hydrogens is 394 g/mol. The average molecular weight is 448 g/mol. The molecule has 0 aromatic rings. The number of carboxylic acids is 1. The quantitative estimate of drug-likeness (QED) is 0.150. The van der Waals surface area contributed by atoms with Crippen molar-refractivity contribution in [2.75, 3.05) is 19.6 Å². The summed E-state index contributed by atoms with van der Waals surface area (Å²) in [7, 11) is 0. The monoisotopic (exact) mass is 447 g/mol. The number of rotatable bonds is 20. The standard InChI is InChI=1S/C20H32O2.C9H21N/c1-2-3-4-5-6-7-8-9-10-11-12-13-14-15-16-17-18-19-20(21)22;1-4-7-10(8-5-2)9-6-3/h6-7,9-10,12-13,15-16H,2-5,8,11,14,17-19H2,1H3,(H,21,22);4-9H2,1-3H3. The van der Waals surface area contributed by atoms with Crippen LogP contribution in [0.15, 0.2) is 48.6 Å². The van der Waals surface area contributed by atoms with Gasteiger partial charge in [0.05, 0.1) is 0 Å². The maximum Gasteiger partial charge on any atom is 0.303 e. The summed E-state index contributed by atoms with van der Waals surface area (Å²) in [5, 5.41) is 8.49. The Hall–Kier alpha value is -1.61. The summed E-state index contributed by atoms with van der Waals surface area (Å²) < 4.78 is 0. The Morgan fingerprint density at radius 3 is 1.38 bits per heavy atom. The number of carbonyl (C=O) groups is 1. The number of hydrogen-bond donors (Lipinski definition) is 1. The maximum absolute atomic E-state index is 10.3. The Morgan fingerprint density at radius 2 is 1.00 bits per heavy atom. The molecular formula is C29H53NO2. The highest BCUT2D eigenvalue weighted by Crippen LogP contribution is 2.01. The summed E-state index contributed by atoms with van der Waals surface area (Å²) in [5.74, 6) is -0.712. The van der Waals surface area contributed by atoms with Crippen LogP contribution in [0.1, 0.15) is 111 Å². The van der Waals surface area contributed by atoms with Crippen molar-refractivity contribution in [1.82, 2.24) is 4.90 Å². The lowest BCUT2D eigenvalue weighted by Gasteiger charge is -2.19. The van der Waals surface area contributed by atoms with Crippen LogP contribution in [0, 0.1) is 0 Å². The molecule has 0 aromatic carbocycles. The van der Waals surface area contributed by atoms with Gasteiger partial charge in [-0.2, -0.15) is 0 Å². The largest absolute Gasteiger partial charge is 0.481 e. The van der Waals surface area contributed by atoms with Crippen molar-refractivity contribution >= 4 is 5.97 Å². The summed E-state index contributed by atoms with van der Waals surface area (Å²) in [5.41, 5.74) is 0. The van der Waals surface area contributed by atoms with E-state index in [2.05, 4.69) is 81.2 Å². The number of hydrogen-bond acceptors (Lipinski definition) is 2. The van der Waals surface area contributed by atoms with E-state index in [9.17, 15) is 4.79 Å². The molecule has 0 aliphatic heterocycles. The van der Waals surface area contributed by atoms with Crippen molar-refractivity contribution in [1.29, 1.82) is 0 Å². The van der Waals surface area contributed by atoms with Gasteiger partial charge in [-0.25, -0.2) is 0 Å². The molecule has 0 amide bonds. The van der Waals surface area contributed by atoms with Gasteiger partial charge in [-0.15, -0.1) is 0 Å². The molecule has 186 valence electrons. The van der Waals surface area contributed by atoms with E-state index in [1.54, 1.807) is 0 Å². The van der Waals surface area contributed by atoms with Gasteiger partial charge in [0.1, 0.15) is 0 Å². The molecule has 0 bridgehead atoms. The van der Waals surface area contributed by atoms with Gasteiger partial charge in [-0.1, -0.05) is 89.1 Å². The molecule has 0 fully saturated rings. The predicted molar refractivity (Wildman–Crippen MR) is 143 cm³/mol. The van der Waals surface area contributed by atoms with Crippen molar-refractivity contribution in [3.8, 4) is 0 Å². The van der Waals surface area contributed by atoms with Gasteiger partial charge in [0, 0.05) is 6.42 Å². The highest BCUT2D eigenvalue weighted by molar-refractivity contribution is 5.66. The molecule has 1 N–H and O–H groups in total. The van der Waals surface area contributed by atoms with Crippen molar-refractivity contribution in [2.45, 2.75) is 111 Å². The molecule has 0 unspecified atom stereocenters. The molecule has 32 heavy (non-hydrogen) atoms. The van der Waals surface area contributed by atoms with E-state index in [0.29, 0.717) is 0 Å². The topological polar surface area (TPSA) is 40.5 Å². The maximum atomic E-state index is 10.3. The van der Waals surface area contributed by atoms with Gasteiger partial charge in [0.15, 0.2) is 0 Å². The molecule has 3 heteroatoms. The van der Waals surface area contributed by atoms with Crippen molar-refractivity contribution < 1.29 is 9.90 Å². The van der Waals surface area contributed by atoms with E-state index in [-0.39, 0.29) is 6.42 Å². The van der Waals surface area contributed by atoms with Crippen molar-refractivity contribution in [2.24, 2.45) is 0 Å². The zero-order chi connectivity index (χ0) is 24.1. The summed E-state index contributed by atoms with van der Waals surface area (Å²) >= 11 is 0. The van der Waals surface area contributed by atoms with Crippen molar-refractivity contribution in [3.05, 3.63) is 48.6 Å². The van der Waals surface area contributed by atoms with Crippen LogP contribution in [-0.2, 0) is 4.79 Å². The van der Waals surface area contributed by atoms with Gasteiger partial charge in [0.2, 0.25) is 0 Å². The number of nitrogens with zero attached hydrogens (tertiary/aromatic N) is 1. The van der Waals surface area contributed by atoms with Crippen molar-refractivity contribution in [3.63, 3.8) is 0 Å². The first kappa shape index (κ1) is 32.6. The lowest BCUT2D eigenvalue weighted by molar-refractivity contribution is -0.137. The molecule has 3 nitrogen and oxygen atoms in total. The van der Waals surface area contributed by atoms with Crippen LogP contribution in [0.25, 0.3) is 0 Å². The molecule has 0 spiro atoms. The fourth-order valence-corrected chi connectivity index (χ4v) is 3.22. The van der Waals surface area contributed by atoms with Gasteiger partial charge >= 0.3 is 5.97 Å². The summed E-state index contributed by atoms with van der Waals surface area (Å²) in [6.07, 6.45) is 31.2. The summed E-state index contributed by atoms with van der Waals surface area (Å²) in [6.45, 7) is 12.8. The molecule has 0 saturated carbocycles. The highest BCUT2D eigenvalue weighted by Gasteiger charge is 1.98. The third kappa shape index (κ3) is 30.6. The van der Waals surface area contributed by atoms with E-state index in [4.69, 9.17) is 5.11 Å². The first-order chi connectivity index (χ1) is 15.6. The van der Waals surface area contributed by atoms with Crippen LogP contribution < -0.4 is 0 Å². The zero-order valence-electron chi connectivity index (χ0n) is 21.7. The van der Waals surface area contributed by atoms with Crippen LogP contribution >= 0.6 is 0 Å². The Balaban J connectivity index is 0. The minimum Gasteiger partial charge on any atom is -0.481 e. The number of aliphatic carboxylic acids is 1.